The minimum atomic E-state index is -4.44. The van der Waals surface area contributed by atoms with E-state index < -0.39 is 11.7 Å². The Kier molecular flexibility index (Phi) is 5.19. The van der Waals surface area contributed by atoms with Crippen molar-refractivity contribution in [1.82, 2.24) is 4.57 Å². The van der Waals surface area contributed by atoms with Gasteiger partial charge in [0, 0.05) is 28.7 Å². The number of benzene rings is 3. The molecule has 0 fully saturated rings. The van der Waals surface area contributed by atoms with Crippen LogP contribution in [0, 0.1) is 0 Å². The number of amides is 1. The molecule has 0 aliphatic carbocycles. The number of alkyl halides is 3. The largest absolute Gasteiger partial charge is 0.416 e. The summed E-state index contributed by atoms with van der Waals surface area (Å²) in [6.45, 7) is 2.29. The highest BCUT2D eigenvalue weighted by molar-refractivity contribution is 6.05. The maximum absolute atomic E-state index is 13.2. The third kappa shape index (κ3) is 3.86. The van der Waals surface area contributed by atoms with Gasteiger partial charge in [0.1, 0.15) is 0 Å². The number of carbonyl (C=O) groups excluding carboxylic acids is 1. The van der Waals surface area contributed by atoms with Gasteiger partial charge in [-0.05, 0) is 43.3 Å². The fourth-order valence-corrected chi connectivity index (χ4v) is 3.73. The van der Waals surface area contributed by atoms with E-state index >= 15 is 0 Å². The van der Waals surface area contributed by atoms with Gasteiger partial charge in [0.25, 0.3) is 5.91 Å². The zero-order chi connectivity index (χ0) is 22.2. The third-order valence-electron chi connectivity index (χ3n) is 5.18. The minimum absolute atomic E-state index is 0.253. The molecule has 1 heterocycles. The number of fused-ring (bicyclic) bond motifs is 1. The van der Waals surface area contributed by atoms with Gasteiger partial charge in [-0.15, -0.1) is 0 Å². The lowest BCUT2D eigenvalue weighted by atomic mass is 10.1. The lowest BCUT2D eigenvalue weighted by Gasteiger charge is -2.12. The zero-order valence-electron chi connectivity index (χ0n) is 16.7. The number of nitrogens with one attached hydrogen (secondary N) is 1. The Labute approximate surface area is 177 Å². The van der Waals surface area contributed by atoms with Crippen molar-refractivity contribution in [1.29, 1.82) is 0 Å². The van der Waals surface area contributed by atoms with Crippen molar-refractivity contribution in [3.63, 3.8) is 0 Å². The smallest absolute Gasteiger partial charge is 0.396 e. The van der Waals surface area contributed by atoms with Crippen molar-refractivity contribution in [2.75, 3.05) is 11.1 Å². The molecule has 0 unspecified atom stereocenters. The Morgan fingerprint density at radius 1 is 1.00 bits per heavy atom. The zero-order valence-corrected chi connectivity index (χ0v) is 16.7. The first-order valence-electron chi connectivity index (χ1n) is 9.75. The summed E-state index contributed by atoms with van der Waals surface area (Å²) in [5.41, 5.74) is 8.87. The van der Waals surface area contributed by atoms with Crippen LogP contribution in [0.15, 0.2) is 72.8 Å². The predicted octanol–water partition coefficient (Wildman–Crippen LogP) is 6.18. The minimum Gasteiger partial charge on any atom is -0.396 e. The second-order valence-corrected chi connectivity index (χ2v) is 7.14. The van der Waals surface area contributed by atoms with E-state index in [0.29, 0.717) is 45.6 Å². The molecule has 7 heteroatoms. The average molecular weight is 423 g/mol. The number of hydrogen-bond donors (Lipinski definition) is 2. The number of nitrogen functional groups attached to an aromatic ring is 1. The highest BCUT2D eigenvalue weighted by atomic mass is 19.4. The number of aryl methyl sites for hydroxylation is 1. The molecule has 4 nitrogen and oxygen atoms in total. The number of nitrogens with zero attached hydrogens (tertiary/aromatic N) is 1. The molecule has 0 saturated heterocycles. The summed E-state index contributed by atoms with van der Waals surface area (Å²) in [5, 5.41) is 3.41. The summed E-state index contributed by atoms with van der Waals surface area (Å²) in [4.78, 5) is 12.5. The highest BCUT2D eigenvalue weighted by Gasteiger charge is 2.31. The molecule has 0 aliphatic rings. The van der Waals surface area contributed by atoms with Crippen LogP contribution in [-0.2, 0) is 12.7 Å². The van der Waals surface area contributed by atoms with Gasteiger partial charge >= 0.3 is 6.18 Å². The van der Waals surface area contributed by atoms with Gasteiger partial charge in [0.05, 0.1) is 22.5 Å². The van der Waals surface area contributed by atoms with Crippen LogP contribution in [0.25, 0.3) is 22.2 Å². The van der Waals surface area contributed by atoms with Crippen LogP contribution >= 0.6 is 0 Å². The van der Waals surface area contributed by atoms with Gasteiger partial charge in [0.2, 0.25) is 0 Å². The van der Waals surface area contributed by atoms with Crippen LogP contribution in [0.2, 0.25) is 0 Å². The lowest BCUT2D eigenvalue weighted by Crippen LogP contribution is -2.11. The monoisotopic (exact) mass is 423 g/mol. The third-order valence-corrected chi connectivity index (χ3v) is 5.18. The Bertz CT molecular complexity index is 1260. The summed E-state index contributed by atoms with van der Waals surface area (Å²) in [7, 11) is 0. The van der Waals surface area contributed by atoms with Crippen molar-refractivity contribution in [3.05, 3.63) is 83.9 Å². The molecule has 1 aromatic heterocycles. The summed E-state index contributed by atoms with van der Waals surface area (Å²) in [6, 6.07) is 19.5. The number of anilines is 2. The van der Waals surface area contributed by atoms with Gasteiger partial charge in [-0.1, -0.05) is 36.4 Å². The van der Waals surface area contributed by atoms with Crippen LogP contribution in [0.1, 0.15) is 22.8 Å². The second-order valence-electron chi connectivity index (χ2n) is 7.14. The molecule has 0 aliphatic heterocycles. The molecule has 0 radical (unpaired) electrons. The number of hydrogen-bond acceptors (Lipinski definition) is 2. The first kappa shape index (κ1) is 20.5. The van der Waals surface area contributed by atoms with E-state index in [1.807, 2.05) is 19.1 Å². The molecule has 4 rings (SSSR count). The van der Waals surface area contributed by atoms with Gasteiger partial charge in [0.15, 0.2) is 0 Å². The van der Waals surface area contributed by atoms with E-state index in [1.165, 1.54) is 6.07 Å². The maximum atomic E-state index is 13.2. The molecule has 0 saturated carbocycles. The molecule has 0 spiro atoms. The van der Waals surface area contributed by atoms with Crippen LogP contribution in [0.5, 0.6) is 0 Å². The van der Waals surface area contributed by atoms with Gasteiger partial charge in [-0.3, -0.25) is 4.79 Å². The summed E-state index contributed by atoms with van der Waals surface area (Å²) >= 11 is 0. The van der Waals surface area contributed by atoms with Crippen LogP contribution < -0.4 is 11.1 Å². The standard InChI is InChI=1S/C24H20F3N3O/c1-2-30-20-14-17(24(25,26)27)11-12-19(20)21(28)22(30)16-9-6-10-18(13-16)29-23(31)15-7-4-3-5-8-15/h3-14H,2,28H2,1H3,(H,29,31). The molecule has 1 amide bonds. The van der Waals surface area contributed by atoms with E-state index in [9.17, 15) is 18.0 Å². The van der Waals surface area contributed by atoms with Crippen molar-refractivity contribution < 1.29 is 18.0 Å². The lowest BCUT2D eigenvalue weighted by molar-refractivity contribution is -0.137. The van der Waals surface area contributed by atoms with Gasteiger partial charge in [-0.2, -0.15) is 13.2 Å². The van der Waals surface area contributed by atoms with Crippen LogP contribution in [0.3, 0.4) is 0 Å². The molecule has 3 N–H and O–H groups in total. The van der Waals surface area contributed by atoms with Gasteiger partial charge in [-0.25, -0.2) is 0 Å². The van der Waals surface area contributed by atoms with E-state index in [-0.39, 0.29) is 5.91 Å². The number of nitrogens with two attached hydrogens (primary N) is 1. The summed E-state index contributed by atoms with van der Waals surface area (Å²) in [5.74, 6) is -0.253. The first-order valence-corrected chi connectivity index (χ1v) is 9.75. The topological polar surface area (TPSA) is 60.0 Å². The predicted molar refractivity (Wildman–Crippen MR) is 117 cm³/mol. The van der Waals surface area contributed by atoms with E-state index in [1.54, 1.807) is 47.0 Å². The van der Waals surface area contributed by atoms with Crippen molar-refractivity contribution in [3.8, 4) is 11.3 Å². The molecule has 158 valence electrons. The maximum Gasteiger partial charge on any atom is 0.416 e. The Morgan fingerprint density at radius 3 is 2.42 bits per heavy atom. The van der Waals surface area contributed by atoms with Crippen molar-refractivity contribution >= 4 is 28.2 Å². The SMILES string of the molecule is CCn1c(-c2cccc(NC(=O)c3ccccc3)c2)c(N)c2ccc(C(F)(F)F)cc21. The number of rotatable bonds is 4. The summed E-state index contributed by atoms with van der Waals surface area (Å²) < 4.78 is 41.4. The van der Waals surface area contributed by atoms with Crippen LogP contribution in [-0.4, -0.2) is 10.5 Å². The quantitative estimate of drug-likeness (QED) is 0.412. The highest BCUT2D eigenvalue weighted by Crippen LogP contribution is 2.39. The molecule has 3 aromatic carbocycles. The second kappa shape index (κ2) is 7.83. The molecular weight excluding hydrogens is 403 g/mol. The van der Waals surface area contributed by atoms with Crippen molar-refractivity contribution in [2.24, 2.45) is 0 Å². The fraction of sp³-hybridized carbons (Fsp3) is 0.125. The molecule has 31 heavy (non-hydrogen) atoms. The van der Waals surface area contributed by atoms with E-state index in [2.05, 4.69) is 5.32 Å². The van der Waals surface area contributed by atoms with Crippen molar-refractivity contribution in [2.45, 2.75) is 19.6 Å². The fourth-order valence-electron chi connectivity index (χ4n) is 3.73. The Hall–Kier alpha value is -3.74. The molecule has 0 bridgehead atoms. The van der Waals surface area contributed by atoms with Gasteiger partial charge < -0.3 is 15.6 Å². The number of aromatic nitrogens is 1. The molecular formula is C24H20F3N3O. The summed E-state index contributed by atoms with van der Waals surface area (Å²) in [6.07, 6.45) is -4.44. The van der Waals surface area contributed by atoms with E-state index in [0.717, 1.165) is 12.1 Å². The van der Waals surface area contributed by atoms with E-state index in [4.69, 9.17) is 5.73 Å². The average Bonchev–Trinajstić information content (AvgIpc) is 3.05. The van der Waals surface area contributed by atoms with Crippen LogP contribution in [0.4, 0.5) is 24.5 Å². The Balaban J connectivity index is 1.77. The molecule has 0 atom stereocenters. The number of carbonyl (C=O) groups is 1. The Morgan fingerprint density at radius 2 is 1.74 bits per heavy atom. The first-order chi connectivity index (χ1) is 14.8. The normalized spacial score (nSPS) is 11.6. The number of halogens is 3. The molecule has 4 aromatic rings.